The molecule has 108 valence electrons. The Bertz CT molecular complexity index is 397. The van der Waals surface area contributed by atoms with Crippen LogP contribution in [0.15, 0.2) is 28.8 Å². The van der Waals surface area contributed by atoms with E-state index in [0.29, 0.717) is 6.04 Å². The SMILES string of the molecule is CCC1=NC=CN(C(CC)C(C)(C)C)/C1=C(\N)CC. The van der Waals surface area contributed by atoms with Crippen molar-refractivity contribution < 1.29 is 0 Å². The summed E-state index contributed by atoms with van der Waals surface area (Å²) in [5.41, 5.74) is 9.64. The Morgan fingerprint density at radius 2 is 1.95 bits per heavy atom. The van der Waals surface area contributed by atoms with E-state index in [4.69, 9.17) is 5.73 Å². The highest BCUT2D eigenvalue weighted by atomic mass is 15.2. The van der Waals surface area contributed by atoms with Crippen LogP contribution < -0.4 is 5.73 Å². The summed E-state index contributed by atoms with van der Waals surface area (Å²) in [5.74, 6) is 0. The number of nitrogens with two attached hydrogens (primary N) is 1. The van der Waals surface area contributed by atoms with Gasteiger partial charge >= 0.3 is 0 Å². The molecule has 0 aromatic rings. The van der Waals surface area contributed by atoms with E-state index in [2.05, 4.69) is 57.6 Å². The number of allylic oxidation sites excluding steroid dienone is 2. The topological polar surface area (TPSA) is 41.6 Å². The van der Waals surface area contributed by atoms with Gasteiger partial charge in [-0.05, 0) is 24.7 Å². The Hall–Kier alpha value is -1.25. The molecule has 1 aliphatic heterocycles. The van der Waals surface area contributed by atoms with Crippen LogP contribution in [-0.4, -0.2) is 16.7 Å². The first kappa shape index (κ1) is 15.8. The molecular weight excluding hydrogens is 234 g/mol. The van der Waals surface area contributed by atoms with Crippen LogP contribution in [0.3, 0.4) is 0 Å². The molecule has 0 aromatic heterocycles. The van der Waals surface area contributed by atoms with Crippen molar-refractivity contribution in [3.63, 3.8) is 0 Å². The van der Waals surface area contributed by atoms with Gasteiger partial charge in [0.25, 0.3) is 0 Å². The molecule has 0 spiro atoms. The molecule has 1 heterocycles. The van der Waals surface area contributed by atoms with Crippen molar-refractivity contribution in [3.8, 4) is 0 Å². The summed E-state index contributed by atoms with van der Waals surface area (Å²) in [6, 6.07) is 0.431. The Morgan fingerprint density at radius 3 is 2.37 bits per heavy atom. The maximum Gasteiger partial charge on any atom is 0.0818 e. The highest BCUT2D eigenvalue weighted by molar-refractivity contribution is 6.01. The van der Waals surface area contributed by atoms with Gasteiger partial charge in [-0.3, -0.25) is 4.99 Å². The van der Waals surface area contributed by atoms with Gasteiger partial charge in [0, 0.05) is 24.1 Å². The number of hydrogen-bond donors (Lipinski definition) is 1. The van der Waals surface area contributed by atoms with Crippen molar-refractivity contribution in [1.82, 2.24) is 4.90 Å². The first-order valence-corrected chi connectivity index (χ1v) is 7.37. The van der Waals surface area contributed by atoms with E-state index >= 15 is 0 Å². The maximum atomic E-state index is 6.26. The Kier molecular flexibility index (Phi) is 5.21. The average Bonchev–Trinajstić information content (AvgIpc) is 2.36. The smallest absolute Gasteiger partial charge is 0.0818 e. The third kappa shape index (κ3) is 3.40. The van der Waals surface area contributed by atoms with Gasteiger partial charge in [-0.15, -0.1) is 0 Å². The fourth-order valence-corrected chi connectivity index (χ4v) is 2.74. The molecule has 3 heteroatoms. The molecule has 3 nitrogen and oxygen atoms in total. The number of rotatable bonds is 4. The zero-order valence-corrected chi connectivity index (χ0v) is 13.3. The fourth-order valence-electron chi connectivity index (χ4n) is 2.74. The maximum absolute atomic E-state index is 6.26. The lowest BCUT2D eigenvalue weighted by Gasteiger charge is -2.42. The van der Waals surface area contributed by atoms with Crippen LogP contribution in [0.25, 0.3) is 0 Å². The van der Waals surface area contributed by atoms with Gasteiger partial charge in [0.05, 0.1) is 11.4 Å². The minimum absolute atomic E-state index is 0.203. The third-order valence-electron chi connectivity index (χ3n) is 3.73. The number of aliphatic imine (C=N–C) groups is 1. The molecule has 0 aromatic carbocycles. The summed E-state index contributed by atoms with van der Waals surface area (Å²) in [7, 11) is 0. The fraction of sp³-hybridized carbons (Fsp3) is 0.688. The van der Waals surface area contributed by atoms with E-state index in [1.807, 2.05) is 6.20 Å². The molecule has 1 unspecified atom stereocenters. The van der Waals surface area contributed by atoms with Gasteiger partial charge < -0.3 is 10.6 Å². The predicted octanol–water partition coefficient (Wildman–Crippen LogP) is 4.03. The van der Waals surface area contributed by atoms with Crippen LogP contribution in [0.4, 0.5) is 0 Å². The molecule has 0 aliphatic carbocycles. The van der Waals surface area contributed by atoms with Crippen LogP contribution in [0, 0.1) is 5.41 Å². The van der Waals surface area contributed by atoms with Gasteiger partial charge in [-0.25, -0.2) is 0 Å². The lowest BCUT2D eigenvalue weighted by Crippen LogP contribution is -2.43. The molecule has 0 amide bonds. The molecule has 0 bridgehead atoms. The largest absolute Gasteiger partial charge is 0.400 e. The molecule has 19 heavy (non-hydrogen) atoms. The van der Waals surface area contributed by atoms with Gasteiger partial charge in [0.2, 0.25) is 0 Å². The van der Waals surface area contributed by atoms with Crippen molar-refractivity contribution in [2.45, 2.75) is 66.8 Å². The number of nitrogens with zero attached hydrogens (tertiary/aromatic N) is 2. The Balaban J connectivity index is 3.26. The van der Waals surface area contributed by atoms with Crippen LogP contribution in [0.1, 0.15) is 60.8 Å². The molecule has 0 radical (unpaired) electrons. The molecule has 1 aliphatic rings. The Labute approximate surface area is 118 Å². The Morgan fingerprint density at radius 1 is 1.32 bits per heavy atom. The monoisotopic (exact) mass is 263 g/mol. The number of hydrogen-bond acceptors (Lipinski definition) is 3. The summed E-state index contributed by atoms with van der Waals surface area (Å²) in [5, 5.41) is 0. The third-order valence-corrected chi connectivity index (χ3v) is 3.73. The normalized spacial score (nSPS) is 20.3. The standard InChI is InChI=1S/C16H29N3/c1-7-12(17)15-13(8-2)18-10-11-19(15)14(9-3)16(4,5)6/h10-11,14H,7-9,17H2,1-6H3/b15-12-. The van der Waals surface area contributed by atoms with Crippen molar-refractivity contribution >= 4 is 5.71 Å². The van der Waals surface area contributed by atoms with Crippen LogP contribution in [0.2, 0.25) is 0 Å². The highest BCUT2D eigenvalue weighted by Gasteiger charge is 2.32. The molecular formula is C16H29N3. The van der Waals surface area contributed by atoms with E-state index in [1.165, 1.54) is 0 Å². The highest BCUT2D eigenvalue weighted by Crippen LogP contribution is 2.32. The first-order valence-electron chi connectivity index (χ1n) is 7.37. The summed E-state index contributed by atoms with van der Waals surface area (Å²) in [4.78, 5) is 6.84. The van der Waals surface area contributed by atoms with Gasteiger partial charge in [-0.1, -0.05) is 41.5 Å². The van der Waals surface area contributed by atoms with E-state index in [9.17, 15) is 0 Å². The molecule has 1 rings (SSSR count). The van der Waals surface area contributed by atoms with Gasteiger partial charge in [-0.2, -0.15) is 0 Å². The minimum atomic E-state index is 0.203. The molecule has 0 saturated carbocycles. The van der Waals surface area contributed by atoms with Gasteiger partial charge in [0.15, 0.2) is 0 Å². The zero-order chi connectivity index (χ0) is 14.6. The van der Waals surface area contributed by atoms with Crippen molar-refractivity contribution in [2.24, 2.45) is 16.1 Å². The van der Waals surface area contributed by atoms with Crippen molar-refractivity contribution in [1.29, 1.82) is 0 Å². The van der Waals surface area contributed by atoms with E-state index < -0.39 is 0 Å². The second kappa shape index (κ2) is 6.27. The predicted molar refractivity (Wildman–Crippen MR) is 83.7 cm³/mol. The first-order chi connectivity index (χ1) is 8.86. The summed E-state index contributed by atoms with van der Waals surface area (Å²) in [6.07, 6.45) is 6.85. The van der Waals surface area contributed by atoms with Crippen LogP contribution in [-0.2, 0) is 0 Å². The lowest BCUT2D eigenvalue weighted by molar-refractivity contribution is 0.175. The van der Waals surface area contributed by atoms with E-state index in [1.54, 1.807) is 0 Å². The van der Waals surface area contributed by atoms with Crippen molar-refractivity contribution in [3.05, 3.63) is 23.8 Å². The minimum Gasteiger partial charge on any atom is -0.400 e. The zero-order valence-electron chi connectivity index (χ0n) is 13.3. The van der Waals surface area contributed by atoms with E-state index in [-0.39, 0.29) is 5.41 Å². The van der Waals surface area contributed by atoms with Crippen LogP contribution >= 0.6 is 0 Å². The molecule has 2 N–H and O–H groups in total. The summed E-state index contributed by atoms with van der Waals surface area (Å²) >= 11 is 0. The van der Waals surface area contributed by atoms with Crippen molar-refractivity contribution in [2.75, 3.05) is 0 Å². The van der Waals surface area contributed by atoms with E-state index in [0.717, 1.165) is 36.4 Å². The molecule has 0 saturated heterocycles. The quantitative estimate of drug-likeness (QED) is 0.832. The average molecular weight is 263 g/mol. The van der Waals surface area contributed by atoms with Crippen LogP contribution in [0.5, 0.6) is 0 Å². The molecule has 0 fully saturated rings. The van der Waals surface area contributed by atoms with Gasteiger partial charge in [0.1, 0.15) is 0 Å². The second-order valence-electron chi connectivity index (χ2n) is 6.15. The second-order valence-corrected chi connectivity index (χ2v) is 6.15. The summed E-state index contributed by atoms with van der Waals surface area (Å²) in [6.45, 7) is 13.3. The molecule has 1 atom stereocenters. The lowest BCUT2D eigenvalue weighted by atomic mass is 9.83. The summed E-state index contributed by atoms with van der Waals surface area (Å²) < 4.78 is 0.